The Morgan fingerprint density at radius 3 is 2.62 bits per heavy atom. The molecular formula is C22H24FN5O. The quantitative estimate of drug-likeness (QED) is 0.675. The summed E-state index contributed by atoms with van der Waals surface area (Å²) in [7, 11) is 0. The molecule has 0 spiro atoms. The number of nitrogens with one attached hydrogen (secondary N) is 2. The fraction of sp³-hybridized carbons (Fsp3) is 0.318. The monoisotopic (exact) mass is 393 g/mol. The molecule has 3 aromatic rings. The van der Waals surface area contributed by atoms with Crippen LogP contribution in [0.1, 0.15) is 46.5 Å². The van der Waals surface area contributed by atoms with E-state index in [0.29, 0.717) is 12.0 Å². The summed E-state index contributed by atoms with van der Waals surface area (Å²) in [4.78, 5) is 12.9. The summed E-state index contributed by atoms with van der Waals surface area (Å²) < 4.78 is 16.2. The minimum atomic E-state index is -0.505. The Morgan fingerprint density at radius 2 is 1.86 bits per heavy atom. The van der Waals surface area contributed by atoms with Crippen molar-refractivity contribution >= 4 is 5.91 Å². The maximum atomic E-state index is 14.5. The summed E-state index contributed by atoms with van der Waals surface area (Å²) >= 11 is 0. The highest BCUT2D eigenvalue weighted by Gasteiger charge is 2.23. The van der Waals surface area contributed by atoms with Gasteiger partial charge >= 0.3 is 0 Å². The van der Waals surface area contributed by atoms with Crippen molar-refractivity contribution in [3.8, 4) is 0 Å². The molecule has 1 fully saturated rings. The fourth-order valence-electron chi connectivity index (χ4n) is 3.71. The average Bonchev–Trinajstić information content (AvgIpc) is 3.26. The van der Waals surface area contributed by atoms with E-state index in [1.54, 1.807) is 29.1 Å². The number of piperidine rings is 1. The number of benzene rings is 2. The number of carbonyl (C=O) groups excluding carboxylic acids is 1. The Labute approximate surface area is 169 Å². The zero-order valence-corrected chi connectivity index (χ0v) is 16.1. The number of aromatic nitrogens is 3. The molecule has 1 aliphatic heterocycles. The van der Waals surface area contributed by atoms with Crippen LogP contribution in [0.25, 0.3) is 0 Å². The van der Waals surface area contributed by atoms with Gasteiger partial charge in [0.25, 0.3) is 5.91 Å². The normalized spacial score (nSPS) is 15.8. The molecule has 1 amide bonds. The van der Waals surface area contributed by atoms with Crippen molar-refractivity contribution in [2.45, 2.75) is 31.3 Å². The summed E-state index contributed by atoms with van der Waals surface area (Å²) in [5, 5.41) is 14.5. The van der Waals surface area contributed by atoms with Crippen molar-refractivity contribution in [2.24, 2.45) is 0 Å². The topological polar surface area (TPSA) is 71.8 Å². The molecule has 1 aliphatic rings. The van der Waals surface area contributed by atoms with Gasteiger partial charge in [0.2, 0.25) is 0 Å². The zero-order valence-electron chi connectivity index (χ0n) is 16.1. The van der Waals surface area contributed by atoms with E-state index >= 15 is 0 Å². The Morgan fingerprint density at radius 1 is 1.14 bits per heavy atom. The minimum absolute atomic E-state index is 0.247. The SMILES string of the molecule is O=C(NC(Cc1ccccc1)c1ccccc1F)c1cn(C2CCNCC2)nn1. The van der Waals surface area contributed by atoms with E-state index in [9.17, 15) is 9.18 Å². The van der Waals surface area contributed by atoms with Crippen LogP contribution < -0.4 is 10.6 Å². The third kappa shape index (κ3) is 4.68. The Hall–Kier alpha value is -3.06. The second-order valence-electron chi connectivity index (χ2n) is 7.30. The van der Waals surface area contributed by atoms with Gasteiger partial charge in [-0.3, -0.25) is 4.79 Å². The Balaban J connectivity index is 1.53. The summed E-state index contributed by atoms with van der Waals surface area (Å²) in [5.74, 6) is -0.693. The number of hydrogen-bond acceptors (Lipinski definition) is 4. The Bertz CT molecular complexity index is 953. The van der Waals surface area contributed by atoms with Gasteiger partial charge in [0.15, 0.2) is 5.69 Å². The summed E-state index contributed by atoms with van der Waals surface area (Å²) in [6.45, 7) is 1.86. The number of hydrogen-bond donors (Lipinski definition) is 2. The maximum absolute atomic E-state index is 14.5. The van der Waals surface area contributed by atoms with E-state index in [0.717, 1.165) is 31.5 Å². The van der Waals surface area contributed by atoms with E-state index in [4.69, 9.17) is 0 Å². The van der Waals surface area contributed by atoms with Crippen LogP contribution in [0.15, 0.2) is 60.8 Å². The van der Waals surface area contributed by atoms with Gasteiger partial charge in [0.05, 0.1) is 18.3 Å². The van der Waals surface area contributed by atoms with Crippen LogP contribution >= 0.6 is 0 Å². The molecular weight excluding hydrogens is 369 g/mol. The van der Waals surface area contributed by atoms with Crippen LogP contribution in [0.3, 0.4) is 0 Å². The molecule has 2 aromatic carbocycles. The molecule has 0 aliphatic carbocycles. The third-order valence-electron chi connectivity index (χ3n) is 5.29. The molecule has 29 heavy (non-hydrogen) atoms. The molecule has 0 bridgehead atoms. The molecule has 6 nitrogen and oxygen atoms in total. The first-order valence-corrected chi connectivity index (χ1v) is 9.92. The molecule has 1 saturated heterocycles. The standard InChI is InChI=1S/C22H24FN5O/c23-19-9-5-4-8-18(19)20(14-16-6-2-1-3-7-16)25-22(29)21-15-28(27-26-21)17-10-12-24-13-11-17/h1-9,15,17,20,24H,10-14H2,(H,25,29). The van der Waals surface area contributed by atoms with Gasteiger partial charge in [-0.15, -0.1) is 5.10 Å². The van der Waals surface area contributed by atoms with Crippen LogP contribution in [0.2, 0.25) is 0 Å². The number of nitrogens with zero attached hydrogens (tertiary/aromatic N) is 3. The van der Waals surface area contributed by atoms with E-state index < -0.39 is 6.04 Å². The lowest BCUT2D eigenvalue weighted by atomic mass is 9.98. The smallest absolute Gasteiger partial charge is 0.273 e. The first kappa shape index (κ1) is 19.3. The number of halogens is 1. The van der Waals surface area contributed by atoms with Crippen LogP contribution in [-0.2, 0) is 6.42 Å². The van der Waals surface area contributed by atoms with Gasteiger partial charge in [0.1, 0.15) is 5.82 Å². The molecule has 150 valence electrons. The fourth-order valence-corrected chi connectivity index (χ4v) is 3.71. The highest BCUT2D eigenvalue weighted by molar-refractivity contribution is 5.92. The van der Waals surface area contributed by atoms with Crippen LogP contribution in [0, 0.1) is 5.82 Å². The second kappa shape index (κ2) is 8.96. The van der Waals surface area contributed by atoms with E-state index in [1.165, 1.54) is 6.07 Å². The lowest BCUT2D eigenvalue weighted by Gasteiger charge is -2.22. The molecule has 1 aromatic heterocycles. The Kier molecular flexibility index (Phi) is 5.95. The largest absolute Gasteiger partial charge is 0.343 e. The molecule has 4 rings (SSSR count). The molecule has 2 heterocycles. The lowest BCUT2D eigenvalue weighted by Crippen LogP contribution is -2.31. The van der Waals surface area contributed by atoms with Gasteiger partial charge in [0, 0.05) is 5.56 Å². The molecule has 0 radical (unpaired) electrons. The number of rotatable bonds is 6. The van der Waals surface area contributed by atoms with Crippen molar-refractivity contribution in [3.63, 3.8) is 0 Å². The summed E-state index contributed by atoms with van der Waals surface area (Å²) in [5.41, 5.74) is 1.72. The molecule has 1 atom stereocenters. The van der Waals surface area contributed by atoms with Crippen LogP contribution in [-0.4, -0.2) is 34.0 Å². The van der Waals surface area contributed by atoms with Gasteiger partial charge < -0.3 is 10.6 Å². The van der Waals surface area contributed by atoms with Gasteiger partial charge in [-0.2, -0.15) is 0 Å². The van der Waals surface area contributed by atoms with Crippen LogP contribution in [0.5, 0.6) is 0 Å². The second-order valence-corrected chi connectivity index (χ2v) is 7.30. The van der Waals surface area contributed by atoms with Gasteiger partial charge in [-0.05, 0) is 44.0 Å². The van der Waals surface area contributed by atoms with Crippen molar-refractivity contribution in [3.05, 3.63) is 83.4 Å². The van der Waals surface area contributed by atoms with Crippen molar-refractivity contribution < 1.29 is 9.18 Å². The molecule has 0 saturated carbocycles. The maximum Gasteiger partial charge on any atom is 0.273 e. The first-order valence-electron chi connectivity index (χ1n) is 9.92. The third-order valence-corrected chi connectivity index (χ3v) is 5.29. The number of amides is 1. The van der Waals surface area contributed by atoms with Crippen molar-refractivity contribution in [2.75, 3.05) is 13.1 Å². The summed E-state index contributed by atoms with van der Waals surface area (Å²) in [6.07, 6.45) is 4.08. The predicted octanol–water partition coefficient (Wildman–Crippen LogP) is 3.06. The first-order chi connectivity index (χ1) is 14.2. The number of carbonyl (C=O) groups is 1. The predicted molar refractivity (Wildman–Crippen MR) is 108 cm³/mol. The molecule has 1 unspecified atom stereocenters. The van der Waals surface area contributed by atoms with Crippen molar-refractivity contribution in [1.29, 1.82) is 0 Å². The van der Waals surface area contributed by atoms with Crippen LogP contribution in [0.4, 0.5) is 4.39 Å². The van der Waals surface area contributed by atoms with Gasteiger partial charge in [-0.25, -0.2) is 9.07 Å². The highest BCUT2D eigenvalue weighted by atomic mass is 19.1. The van der Waals surface area contributed by atoms with Gasteiger partial charge in [-0.1, -0.05) is 53.7 Å². The molecule has 7 heteroatoms. The average molecular weight is 393 g/mol. The zero-order chi connectivity index (χ0) is 20.1. The van der Waals surface area contributed by atoms with E-state index in [2.05, 4.69) is 20.9 Å². The highest BCUT2D eigenvalue weighted by Crippen LogP contribution is 2.22. The lowest BCUT2D eigenvalue weighted by molar-refractivity contribution is 0.0930. The van der Waals surface area contributed by atoms with Crippen molar-refractivity contribution in [1.82, 2.24) is 25.6 Å². The minimum Gasteiger partial charge on any atom is -0.343 e. The summed E-state index contributed by atoms with van der Waals surface area (Å²) in [6, 6.07) is 16.0. The van der Waals surface area contributed by atoms with E-state index in [1.807, 2.05) is 30.3 Å². The van der Waals surface area contributed by atoms with E-state index in [-0.39, 0.29) is 23.5 Å². The molecule has 2 N–H and O–H groups in total.